The highest BCUT2D eigenvalue weighted by Crippen LogP contribution is 2.63. The van der Waals surface area contributed by atoms with Crippen molar-refractivity contribution in [3.8, 4) is 0 Å². The fraction of sp³-hybridized carbons (Fsp3) is 0.884. The Bertz CT molecular complexity index is 1440. The van der Waals surface area contributed by atoms with Crippen LogP contribution in [-0.2, 0) is 38.5 Å². The van der Waals surface area contributed by atoms with Gasteiger partial charge in [0.2, 0.25) is 11.6 Å². The lowest BCUT2D eigenvalue weighted by Gasteiger charge is -2.61. The highest BCUT2D eigenvalue weighted by molar-refractivity contribution is 5.44. The molecule has 2 saturated carbocycles. The first-order chi connectivity index (χ1) is 26.0. The molecule has 1 aromatic heterocycles. The lowest BCUT2D eigenvalue weighted by Crippen LogP contribution is -2.70. The van der Waals surface area contributed by atoms with Crippen LogP contribution in [0.5, 0.6) is 0 Å². The second-order valence-electron chi connectivity index (χ2n) is 19.7. The number of ether oxygens (including phenoxy) is 4. The van der Waals surface area contributed by atoms with Crippen LogP contribution in [0.1, 0.15) is 106 Å². The number of piperazine rings is 1. The van der Waals surface area contributed by atoms with Gasteiger partial charge in [0.05, 0.1) is 24.1 Å². The number of anilines is 1. The van der Waals surface area contributed by atoms with Crippen molar-refractivity contribution < 1.29 is 38.5 Å². The molecule has 11 aliphatic rings. The van der Waals surface area contributed by atoms with E-state index in [-0.39, 0.29) is 12.2 Å². The SMILES string of the molecule is C[C@@H]1CC[C@H]2[C@@H](C)C(CC(CC3O[C@@H]4O[C@]5(C)CC[C@@H]6[C@@H](C)CC[C@H]([C@@H]3C)[C@]46OO5)CN3CCN(c4cccnc4)CC3)O[C@H]3O[C@@]4(C)CC[C@@H]1[C@]32OO4. The van der Waals surface area contributed by atoms with Gasteiger partial charge in [-0.3, -0.25) is 9.88 Å². The van der Waals surface area contributed by atoms with E-state index in [1.165, 1.54) is 18.5 Å². The second kappa shape index (κ2) is 13.6. The van der Waals surface area contributed by atoms with Crippen LogP contribution in [0.2, 0.25) is 0 Å². The molecule has 10 heterocycles. The molecule has 0 N–H and O–H groups in total. The molecule has 3 unspecified atom stereocenters. The second-order valence-corrected chi connectivity index (χ2v) is 19.7. The quantitative estimate of drug-likeness (QED) is 0.267. The summed E-state index contributed by atoms with van der Waals surface area (Å²) in [6, 6.07) is 4.21. The number of fused-ring (bicyclic) bond motifs is 4. The molecule has 2 spiro atoms. The first kappa shape index (κ1) is 36.9. The third kappa shape index (κ3) is 5.79. The number of nitrogens with zero attached hydrogens (tertiary/aromatic N) is 3. The first-order valence-corrected chi connectivity index (χ1v) is 21.8. The molecule has 300 valence electrons. The van der Waals surface area contributed by atoms with E-state index in [1.807, 2.05) is 32.3 Å². The Kier molecular flexibility index (Phi) is 9.28. The van der Waals surface area contributed by atoms with E-state index in [1.54, 1.807) is 0 Å². The zero-order chi connectivity index (χ0) is 37.0. The van der Waals surface area contributed by atoms with E-state index in [0.29, 0.717) is 53.3 Å². The average molecular weight is 752 g/mol. The van der Waals surface area contributed by atoms with Gasteiger partial charge in [-0.2, -0.15) is 0 Å². The molecule has 11 nitrogen and oxygen atoms in total. The van der Waals surface area contributed by atoms with Crippen molar-refractivity contribution in [2.75, 3.05) is 37.6 Å². The summed E-state index contributed by atoms with van der Waals surface area (Å²) in [5.74, 6) is 1.95. The van der Waals surface area contributed by atoms with Crippen LogP contribution in [0.15, 0.2) is 24.5 Å². The minimum atomic E-state index is -0.771. The molecule has 9 aliphatic heterocycles. The van der Waals surface area contributed by atoms with Gasteiger partial charge in [-0.1, -0.05) is 27.7 Å². The Morgan fingerprint density at radius 2 is 1.22 bits per heavy atom. The summed E-state index contributed by atoms with van der Waals surface area (Å²) < 4.78 is 28.1. The molecule has 2 aliphatic carbocycles. The Morgan fingerprint density at radius 1 is 0.685 bits per heavy atom. The summed E-state index contributed by atoms with van der Waals surface area (Å²) in [7, 11) is 0. The fourth-order valence-corrected chi connectivity index (χ4v) is 13.5. The van der Waals surface area contributed by atoms with Gasteiger partial charge in [-0.05, 0) is 119 Å². The van der Waals surface area contributed by atoms with Gasteiger partial charge in [0.15, 0.2) is 23.8 Å². The average Bonchev–Trinajstić information content (AvgIpc) is 3.54. The zero-order valence-electron chi connectivity index (χ0n) is 33.5. The molecule has 0 radical (unpaired) electrons. The van der Waals surface area contributed by atoms with Crippen LogP contribution in [-0.4, -0.2) is 90.2 Å². The van der Waals surface area contributed by atoms with Gasteiger partial charge in [-0.25, -0.2) is 19.6 Å². The van der Waals surface area contributed by atoms with E-state index in [4.69, 9.17) is 38.5 Å². The molecule has 54 heavy (non-hydrogen) atoms. The van der Waals surface area contributed by atoms with E-state index in [0.717, 1.165) is 84.1 Å². The maximum atomic E-state index is 7.24. The van der Waals surface area contributed by atoms with Crippen LogP contribution < -0.4 is 4.90 Å². The third-order valence-electron chi connectivity index (χ3n) is 16.6. The van der Waals surface area contributed by atoms with Gasteiger partial charge in [0, 0.05) is 63.6 Å². The number of rotatable bonds is 7. The van der Waals surface area contributed by atoms with Crippen LogP contribution in [0.3, 0.4) is 0 Å². The fourth-order valence-electron chi connectivity index (χ4n) is 13.5. The monoisotopic (exact) mass is 751 g/mol. The van der Waals surface area contributed by atoms with Crippen molar-refractivity contribution in [3.63, 3.8) is 0 Å². The third-order valence-corrected chi connectivity index (χ3v) is 16.6. The maximum Gasteiger partial charge on any atom is 0.201 e. The Balaban J connectivity index is 0.923. The molecule has 0 amide bonds. The van der Waals surface area contributed by atoms with Crippen LogP contribution in [0.25, 0.3) is 0 Å². The summed E-state index contributed by atoms with van der Waals surface area (Å²) in [6.07, 6.45) is 13.5. The largest absolute Gasteiger partial charge is 0.368 e. The molecule has 11 fully saturated rings. The van der Waals surface area contributed by atoms with E-state index in [9.17, 15) is 0 Å². The van der Waals surface area contributed by atoms with Crippen molar-refractivity contribution in [3.05, 3.63) is 24.5 Å². The molecular formula is C43H65N3O8. The normalized spacial score (nSPS) is 51.9. The first-order valence-electron chi connectivity index (χ1n) is 21.8. The maximum absolute atomic E-state index is 7.24. The highest BCUT2D eigenvalue weighted by atomic mass is 17.3. The van der Waals surface area contributed by atoms with Gasteiger partial charge in [0.1, 0.15) is 0 Å². The van der Waals surface area contributed by atoms with Crippen LogP contribution >= 0.6 is 0 Å². The van der Waals surface area contributed by atoms with Crippen LogP contribution in [0, 0.1) is 53.3 Å². The Morgan fingerprint density at radius 3 is 1.72 bits per heavy atom. The van der Waals surface area contributed by atoms with E-state index >= 15 is 0 Å². The van der Waals surface area contributed by atoms with Gasteiger partial charge in [-0.15, -0.1) is 0 Å². The Hall–Kier alpha value is -1.41. The minimum absolute atomic E-state index is 0.0545. The topological polar surface area (TPSA) is 93.2 Å². The van der Waals surface area contributed by atoms with Crippen molar-refractivity contribution >= 4 is 5.69 Å². The molecule has 1 aromatic rings. The number of aromatic nitrogens is 1. The summed E-state index contributed by atoms with van der Waals surface area (Å²) >= 11 is 0. The molecular weight excluding hydrogens is 686 g/mol. The molecule has 9 saturated heterocycles. The molecule has 12 rings (SSSR count). The standard InChI is InChI=1S/C43H65N3O8/c1-26-9-11-34-28(3)36(47-38-42(34)32(26)13-15-40(5,49-38)51-53-42)22-30(25-45-18-20-46(21-19-45)31-8-7-17-44-24-31)23-37-29(4)35-12-10-27(2)33-14-16-41(6)50-39(48-37)43(33,35)54-52-41/h7-8,17,24,26-30,32-39H,9-16,18-23,25H2,1-6H3/t26-,27+,28-,29+,30?,32+,33-,34+,35-,36?,37?,38+,39-,40-,41+,42-,43+. The smallest absolute Gasteiger partial charge is 0.201 e. The predicted octanol–water partition coefficient (Wildman–Crippen LogP) is 7.10. The lowest BCUT2D eigenvalue weighted by molar-refractivity contribution is -0.571. The lowest BCUT2D eigenvalue weighted by atomic mass is 9.56. The van der Waals surface area contributed by atoms with Crippen LogP contribution in [0.4, 0.5) is 5.69 Å². The zero-order valence-corrected chi connectivity index (χ0v) is 33.5. The van der Waals surface area contributed by atoms with Gasteiger partial charge < -0.3 is 23.8 Å². The molecule has 11 heteroatoms. The Labute approximate surface area is 322 Å². The summed E-state index contributed by atoms with van der Waals surface area (Å²) in [4.78, 5) is 34.9. The minimum Gasteiger partial charge on any atom is -0.368 e. The summed E-state index contributed by atoms with van der Waals surface area (Å²) in [5, 5.41) is 0. The van der Waals surface area contributed by atoms with Crippen molar-refractivity contribution in [2.45, 2.75) is 153 Å². The predicted molar refractivity (Wildman–Crippen MR) is 199 cm³/mol. The summed E-state index contributed by atoms with van der Waals surface area (Å²) in [6.45, 7) is 18.7. The van der Waals surface area contributed by atoms with Crippen molar-refractivity contribution in [2.24, 2.45) is 53.3 Å². The van der Waals surface area contributed by atoms with Gasteiger partial charge in [0.25, 0.3) is 0 Å². The molecule has 17 atom stereocenters. The van der Waals surface area contributed by atoms with Crippen molar-refractivity contribution in [1.29, 1.82) is 0 Å². The molecule has 0 aromatic carbocycles. The number of hydrogen-bond donors (Lipinski definition) is 0. The van der Waals surface area contributed by atoms with E-state index in [2.05, 4.69) is 48.5 Å². The number of pyridine rings is 1. The summed E-state index contributed by atoms with van der Waals surface area (Å²) in [5.41, 5.74) is 0.126. The van der Waals surface area contributed by atoms with E-state index < -0.39 is 35.4 Å². The number of hydrogen-bond acceptors (Lipinski definition) is 11. The highest BCUT2D eigenvalue weighted by Gasteiger charge is 2.71. The van der Waals surface area contributed by atoms with Crippen molar-refractivity contribution in [1.82, 2.24) is 9.88 Å². The van der Waals surface area contributed by atoms with Gasteiger partial charge >= 0.3 is 0 Å². The molecule has 4 bridgehead atoms.